The molecule has 0 radical (unpaired) electrons. The fourth-order valence-corrected chi connectivity index (χ4v) is 2.00. The van der Waals surface area contributed by atoms with Crippen molar-refractivity contribution in [2.45, 2.75) is 20.8 Å². The number of rotatable bonds is 1. The Hall–Kier alpha value is -2.44. The minimum atomic E-state index is -0.319. The summed E-state index contributed by atoms with van der Waals surface area (Å²) in [5.74, 6) is 0.453. The second-order valence-electron chi connectivity index (χ2n) is 4.26. The molecule has 18 heavy (non-hydrogen) atoms. The molecule has 7 nitrogen and oxygen atoms in total. The van der Waals surface area contributed by atoms with Crippen LogP contribution in [-0.2, 0) is 0 Å². The molecule has 3 aromatic rings. The zero-order chi connectivity index (χ0) is 12.9. The van der Waals surface area contributed by atoms with E-state index in [1.807, 2.05) is 26.8 Å². The molecule has 0 aliphatic carbocycles. The molecule has 0 atom stereocenters. The molecule has 0 aliphatic heterocycles. The lowest BCUT2D eigenvalue weighted by atomic mass is 10.4. The average molecular weight is 244 g/mol. The van der Waals surface area contributed by atoms with Gasteiger partial charge in [-0.25, -0.2) is 24.0 Å². The van der Waals surface area contributed by atoms with Crippen molar-refractivity contribution in [1.82, 2.24) is 29.4 Å². The summed E-state index contributed by atoms with van der Waals surface area (Å²) in [6.45, 7) is 5.67. The number of aromatic amines is 1. The van der Waals surface area contributed by atoms with Crippen molar-refractivity contribution in [1.29, 1.82) is 0 Å². The lowest BCUT2D eigenvalue weighted by molar-refractivity contribution is 0.745. The summed E-state index contributed by atoms with van der Waals surface area (Å²) in [4.78, 5) is 16.1. The Morgan fingerprint density at radius 2 is 1.94 bits per heavy atom. The van der Waals surface area contributed by atoms with Crippen LogP contribution in [-0.4, -0.2) is 29.4 Å². The molecule has 3 heterocycles. The monoisotopic (exact) mass is 244 g/mol. The Kier molecular flexibility index (Phi) is 2.09. The first-order chi connectivity index (χ1) is 8.56. The molecule has 0 aromatic carbocycles. The second-order valence-corrected chi connectivity index (χ2v) is 4.26. The second kappa shape index (κ2) is 3.52. The standard InChI is InChI=1S/C11H12N6O/c1-6-5-9-13-14-11(18)16(9)10(12-6)17-8(3)4-7(2)15-17/h4-5H,1-3H3,(H,14,18). The largest absolute Gasteiger partial charge is 0.350 e. The molecule has 0 spiro atoms. The number of nitrogens with one attached hydrogen (secondary N) is 1. The van der Waals surface area contributed by atoms with Gasteiger partial charge in [-0.1, -0.05) is 0 Å². The van der Waals surface area contributed by atoms with Gasteiger partial charge in [0, 0.05) is 17.5 Å². The molecule has 3 aromatic heterocycles. The van der Waals surface area contributed by atoms with Crippen molar-refractivity contribution in [3.63, 3.8) is 0 Å². The summed E-state index contributed by atoms with van der Waals surface area (Å²) in [5.41, 5.74) is 2.79. The normalized spacial score (nSPS) is 11.3. The number of aromatic nitrogens is 6. The molecule has 0 saturated heterocycles. The third-order valence-electron chi connectivity index (χ3n) is 2.71. The van der Waals surface area contributed by atoms with E-state index in [4.69, 9.17) is 0 Å². The summed E-state index contributed by atoms with van der Waals surface area (Å²) < 4.78 is 3.05. The molecule has 0 unspecified atom stereocenters. The van der Waals surface area contributed by atoms with Crippen molar-refractivity contribution in [3.05, 3.63) is 39.7 Å². The van der Waals surface area contributed by atoms with E-state index >= 15 is 0 Å². The average Bonchev–Trinajstić information content (AvgIpc) is 2.82. The van der Waals surface area contributed by atoms with Crippen LogP contribution in [0.1, 0.15) is 17.1 Å². The van der Waals surface area contributed by atoms with Crippen LogP contribution in [0.4, 0.5) is 0 Å². The first-order valence-corrected chi connectivity index (χ1v) is 5.54. The Bertz CT molecular complexity index is 794. The molecule has 0 bridgehead atoms. The fraction of sp³-hybridized carbons (Fsp3) is 0.273. The Balaban J connectivity index is 2.44. The van der Waals surface area contributed by atoms with Crippen LogP contribution in [0, 0.1) is 20.8 Å². The first-order valence-electron chi connectivity index (χ1n) is 5.54. The van der Waals surface area contributed by atoms with Gasteiger partial charge in [-0.15, -0.1) is 0 Å². The van der Waals surface area contributed by atoms with Crippen molar-refractivity contribution in [3.8, 4) is 5.95 Å². The maximum Gasteiger partial charge on any atom is 0.350 e. The Labute approximate surface area is 102 Å². The summed E-state index contributed by atoms with van der Waals surface area (Å²) in [7, 11) is 0. The van der Waals surface area contributed by atoms with Gasteiger partial charge >= 0.3 is 5.69 Å². The molecular formula is C11H12N6O. The van der Waals surface area contributed by atoms with Gasteiger partial charge in [0.05, 0.1) is 5.69 Å². The number of fused-ring (bicyclic) bond motifs is 1. The van der Waals surface area contributed by atoms with E-state index in [-0.39, 0.29) is 5.69 Å². The highest BCUT2D eigenvalue weighted by molar-refractivity contribution is 5.42. The van der Waals surface area contributed by atoms with E-state index < -0.39 is 0 Å². The Morgan fingerprint density at radius 3 is 2.61 bits per heavy atom. The number of hydrogen-bond acceptors (Lipinski definition) is 4. The van der Waals surface area contributed by atoms with E-state index in [1.165, 1.54) is 4.40 Å². The van der Waals surface area contributed by atoms with Gasteiger partial charge in [-0.2, -0.15) is 10.2 Å². The van der Waals surface area contributed by atoms with E-state index in [2.05, 4.69) is 20.3 Å². The zero-order valence-corrected chi connectivity index (χ0v) is 10.3. The smallest absolute Gasteiger partial charge is 0.246 e. The molecule has 3 rings (SSSR count). The van der Waals surface area contributed by atoms with Crippen LogP contribution in [0.15, 0.2) is 16.9 Å². The summed E-state index contributed by atoms with van der Waals surface area (Å²) >= 11 is 0. The van der Waals surface area contributed by atoms with Gasteiger partial charge in [0.15, 0.2) is 5.65 Å². The van der Waals surface area contributed by atoms with Crippen molar-refractivity contribution in [2.24, 2.45) is 0 Å². The van der Waals surface area contributed by atoms with Crippen LogP contribution in [0.25, 0.3) is 11.6 Å². The molecule has 7 heteroatoms. The third kappa shape index (κ3) is 1.44. The minimum Gasteiger partial charge on any atom is -0.246 e. The van der Waals surface area contributed by atoms with Gasteiger partial charge in [-0.05, 0) is 26.8 Å². The number of aryl methyl sites for hydroxylation is 3. The predicted octanol–water partition coefficient (Wildman–Crippen LogP) is 0.529. The molecule has 1 N–H and O–H groups in total. The number of H-pyrrole nitrogens is 1. The van der Waals surface area contributed by atoms with Crippen molar-refractivity contribution >= 4 is 5.65 Å². The first kappa shape index (κ1) is 10.7. The van der Waals surface area contributed by atoms with Gasteiger partial charge < -0.3 is 0 Å². The van der Waals surface area contributed by atoms with Crippen molar-refractivity contribution < 1.29 is 0 Å². The van der Waals surface area contributed by atoms with Gasteiger partial charge in [0.25, 0.3) is 0 Å². The SMILES string of the molecule is Cc1cc2n[nH]c(=O)n2c(-n2nc(C)cc2C)n1. The third-order valence-corrected chi connectivity index (χ3v) is 2.71. The highest BCUT2D eigenvalue weighted by Gasteiger charge is 2.13. The zero-order valence-electron chi connectivity index (χ0n) is 10.3. The Morgan fingerprint density at radius 1 is 1.17 bits per heavy atom. The highest BCUT2D eigenvalue weighted by Crippen LogP contribution is 2.11. The summed E-state index contributed by atoms with van der Waals surface area (Å²) in [6, 6.07) is 3.67. The molecule has 0 saturated carbocycles. The van der Waals surface area contributed by atoms with Gasteiger partial charge in [0.2, 0.25) is 5.95 Å². The van der Waals surface area contributed by atoms with Gasteiger partial charge in [-0.3, -0.25) is 0 Å². The van der Waals surface area contributed by atoms with Crippen LogP contribution in [0.5, 0.6) is 0 Å². The number of nitrogens with zero attached hydrogens (tertiary/aromatic N) is 5. The van der Waals surface area contributed by atoms with Crippen LogP contribution >= 0.6 is 0 Å². The van der Waals surface area contributed by atoms with Crippen molar-refractivity contribution in [2.75, 3.05) is 0 Å². The van der Waals surface area contributed by atoms with E-state index in [1.54, 1.807) is 10.7 Å². The maximum atomic E-state index is 11.8. The highest BCUT2D eigenvalue weighted by atomic mass is 16.1. The molecule has 0 aliphatic rings. The topological polar surface area (TPSA) is 80.9 Å². The summed E-state index contributed by atoms with van der Waals surface area (Å²) in [5, 5.41) is 10.7. The molecular weight excluding hydrogens is 232 g/mol. The quantitative estimate of drug-likeness (QED) is 0.677. The molecule has 92 valence electrons. The predicted molar refractivity (Wildman–Crippen MR) is 64.9 cm³/mol. The lowest BCUT2D eigenvalue weighted by Crippen LogP contribution is -2.18. The number of hydrogen-bond donors (Lipinski definition) is 1. The van der Waals surface area contributed by atoms with Gasteiger partial charge in [0.1, 0.15) is 0 Å². The van der Waals surface area contributed by atoms with E-state index in [0.29, 0.717) is 11.6 Å². The van der Waals surface area contributed by atoms with Crippen LogP contribution in [0.3, 0.4) is 0 Å². The minimum absolute atomic E-state index is 0.319. The maximum absolute atomic E-state index is 11.8. The molecule has 0 amide bonds. The molecule has 0 fully saturated rings. The van der Waals surface area contributed by atoms with Crippen LogP contribution in [0.2, 0.25) is 0 Å². The van der Waals surface area contributed by atoms with E-state index in [9.17, 15) is 4.79 Å². The summed E-state index contributed by atoms with van der Waals surface area (Å²) in [6.07, 6.45) is 0. The van der Waals surface area contributed by atoms with E-state index in [0.717, 1.165) is 17.1 Å². The van der Waals surface area contributed by atoms with Crippen LogP contribution < -0.4 is 5.69 Å². The lowest BCUT2D eigenvalue weighted by Gasteiger charge is -2.06. The fourth-order valence-electron chi connectivity index (χ4n) is 2.00.